The van der Waals surface area contributed by atoms with Crippen LogP contribution in [-0.4, -0.2) is 30.7 Å². The maximum atomic E-state index is 11.4. The molecule has 6 N–H and O–H groups in total. The summed E-state index contributed by atoms with van der Waals surface area (Å²) in [4.78, 5) is 22.8. The zero-order chi connectivity index (χ0) is 16.8. The van der Waals surface area contributed by atoms with Crippen molar-refractivity contribution < 1.29 is 14.3 Å². The number of rotatable bonds is 6. The molecule has 0 saturated carbocycles. The number of hydrogen-bond donors (Lipinski definition) is 4. The molecule has 0 bridgehead atoms. The molecule has 22 heavy (non-hydrogen) atoms. The number of alkyl carbamates (subject to hydrolysis) is 1. The monoisotopic (exact) mass is 308 g/mol. The Morgan fingerprint density at radius 1 is 1.23 bits per heavy atom. The van der Waals surface area contributed by atoms with Crippen molar-refractivity contribution in [1.82, 2.24) is 5.32 Å². The van der Waals surface area contributed by atoms with Crippen LogP contribution in [0.2, 0.25) is 0 Å². The van der Waals surface area contributed by atoms with Crippen LogP contribution in [0.4, 0.5) is 16.2 Å². The van der Waals surface area contributed by atoms with E-state index >= 15 is 0 Å². The van der Waals surface area contributed by atoms with Crippen LogP contribution in [0.15, 0.2) is 18.2 Å². The summed E-state index contributed by atoms with van der Waals surface area (Å²) < 4.78 is 5.12. The Balaban J connectivity index is 2.38. The molecule has 122 valence electrons. The molecule has 7 nitrogen and oxygen atoms in total. The second-order valence-electron chi connectivity index (χ2n) is 5.88. The molecule has 0 atom stereocenters. The van der Waals surface area contributed by atoms with E-state index in [1.165, 1.54) is 0 Å². The standard InChI is InChI=1S/C15H24N4O3/c1-15(2,3)22-14(21)19-8-4-7-18-12-9-10(16)5-6-11(12)13(17)20/h5-6,9,18H,4,7-8,16H2,1-3H3,(H2,17,20)(H,19,21). The number of nitrogen functional groups attached to an aromatic ring is 1. The molecule has 0 aliphatic heterocycles. The predicted molar refractivity (Wildman–Crippen MR) is 86.7 cm³/mol. The normalized spacial score (nSPS) is 10.9. The molecule has 7 heteroatoms. The van der Waals surface area contributed by atoms with Gasteiger partial charge in [0.25, 0.3) is 5.91 Å². The number of carbonyl (C=O) groups excluding carboxylic acids is 2. The van der Waals surface area contributed by atoms with Gasteiger partial charge in [0.2, 0.25) is 0 Å². The fraction of sp³-hybridized carbons (Fsp3) is 0.467. The highest BCUT2D eigenvalue weighted by molar-refractivity contribution is 5.99. The predicted octanol–water partition coefficient (Wildman–Crippen LogP) is 1.69. The molecule has 0 heterocycles. The van der Waals surface area contributed by atoms with Gasteiger partial charge in [-0.25, -0.2) is 4.79 Å². The minimum Gasteiger partial charge on any atom is -0.444 e. The van der Waals surface area contributed by atoms with Gasteiger partial charge in [0, 0.05) is 24.5 Å². The lowest BCUT2D eigenvalue weighted by Crippen LogP contribution is -2.33. The highest BCUT2D eigenvalue weighted by atomic mass is 16.6. The highest BCUT2D eigenvalue weighted by Crippen LogP contribution is 2.18. The van der Waals surface area contributed by atoms with Crippen LogP contribution in [-0.2, 0) is 4.74 Å². The minimum absolute atomic E-state index is 0.384. The number of carbonyl (C=O) groups is 2. The number of benzene rings is 1. The van der Waals surface area contributed by atoms with E-state index in [0.717, 1.165) is 0 Å². The van der Waals surface area contributed by atoms with Gasteiger partial charge in [0.1, 0.15) is 5.60 Å². The van der Waals surface area contributed by atoms with Crippen molar-refractivity contribution in [2.45, 2.75) is 32.8 Å². The maximum absolute atomic E-state index is 11.4. The number of nitrogens with one attached hydrogen (secondary N) is 2. The number of amides is 2. The zero-order valence-electron chi connectivity index (χ0n) is 13.2. The molecule has 0 aliphatic rings. The van der Waals surface area contributed by atoms with E-state index < -0.39 is 17.6 Å². The fourth-order valence-corrected chi connectivity index (χ4v) is 1.74. The minimum atomic E-state index is -0.519. The molecule has 1 rings (SSSR count). The molecular formula is C15H24N4O3. The molecule has 0 aromatic heterocycles. The molecular weight excluding hydrogens is 284 g/mol. The van der Waals surface area contributed by atoms with Gasteiger partial charge >= 0.3 is 6.09 Å². The summed E-state index contributed by atoms with van der Waals surface area (Å²) in [6, 6.07) is 4.86. The molecule has 0 fully saturated rings. The van der Waals surface area contributed by atoms with Gasteiger partial charge in [-0.15, -0.1) is 0 Å². The third-order valence-corrected chi connectivity index (χ3v) is 2.65. The Morgan fingerprint density at radius 2 is 1.91 bits per heavy atom. The molecule has 2 amide bonds. The molecule has 0 spiro atoms. The summed E-state index contributed by atoms with van der Waals surface area (Å²) in [6.45, 7) is 6.42. The Bertz CT molecular complexity index is 538. The summed E-state index contributed by atoms with van der Waals surface area (Å²) in [5.41, 5.74) is 12.0. The van der Waals surface area contributed by atoms with E-state index in [-0.39, 0.29) is 0 Å². The maximum Gasteiger partial charge on any atom is 0.407 e. The van der Waals surface area contributed by atoms with Crippen molar-refractivity contribution in [3.8, 4) is 0 Å². The number of anilines is 2. The third kappa shape index (κ3) is 6.34. The van der Waals surface area contributed by atoms with Gasteiger partial charge in [-0.1, -0.05) is 0 Å². The number of nitrogens with two attached hydrogens (primary N) is 2. The lowest BCUT2D eigenvalue weighted by atomic mass is 10.1. The van der Waals surface area contributed by atoms with E-state index in [2.05, 4.69) is 10.6 Å². The van der Waals surface area contributed by atoms with Gasteiger partial charge in [-0.3, -0.25) is 4.79 Å². The van der Waals surface area contributed by atoms with Gasteiger partial charge in [-0.2, -0.15) is 0 Å². The lowest BCUT2D eigenvalue weighted by molar-refractivity contribution is 0.0527. The molecule has 0 saturated heterocycles. The molecule has 1 aromatic rings. The second-order valence-corrected chi connectivity index (χ2v) is 5.88. The van der Waals surface area contributed by atoms with Crippen molar-refractivity contribution in [2.75, 3.05) is 24.1 Å². The van der Waals surface area contributed by atoms with Gasteiger partial charge in [0.15, 0.2) is 0 Å². The smallest absolute Gasteiger partial charge is 0.407 e. The van der Waals surface area contributed by atoms with E-state index in [1.807, 2.05) is 0 Å². The average Bonchev–Trinajstić information content (AvgIpc) is 2.35. The van der Waals surface area contributed by atoms with Crippen molar-refractivity contribution in [3.05, 3.63) is 23.8 Å². The van der Waals surface area contributed by atoms with Crippen LogP contribution in [0.3, 0.4) is 0 Å². The first-order valence-corrected chi connectivity index (χ1v) is 7.09. The summed E-state index contributed by atoms with van der Waals surface area (Å²) in [5.74, 6) is -0.519. The second kappa shape index (κ2) is 7.53. The van der Waals surface area contributed by atoms with E-state index in [1.54, 1.807) is 39.0 Å². The van der Waals surface area contributed by atoms with Gasteiger partial charge in [0.05, 0.1) is 5.56 Å². The van der Waals surface area contributed by atoms with Crippen molar-refractivity contribution in [3.63, 3.8) is 0 Å². The van der Waals surface area contributed by atoms with Crippen molar-refractivity contribution in [1.29, 1.82) is 0 Å². The molecule has 0 aliphatic carbocycles. The largest absolute Gasteiger partial charge is 0.444 e. The summed E-state index contributed by atoms with van der Waals surface area (Å²) >= 11 is 0. The molecule has 0 radical (unpaired) electrons. The van der Waals surface area contributed by atoms with Crippen LogP contribution in [0, 0.1) is 0 Å². The van der Waals surface area contributed by atoms with Gasteiger partial charge < -0.3 is 26.8 Å². The fourth-order valence-electron chi connectivity index (χ4n) is 1.74. The summed E-state index contributed by atoms with van der Waals surface area (Å²) in [5, 5.41) is 5.74. The lowest BCUT2D eigenvalue weighted by Gasteiger charge is -2.19. The summed E-state index contributed by atoms with van der Waals surface area (Å²) in [7, 11) is 0. The van der Waals surface area contributed by atoms with Crippen LogP contribution in [0.1, 0.15) is 37.6 Å². The Kier molecular flexibility index (Phi) is 6.03. The van der Waals surface area contributed by atoms with Crippen molar-refractivity contribution in [2.24, 2.45) is 5.73 Å². The van der Waals surface area contributed by atoms with E-state index in [0.29, 0.717) is 36.4 Å². The van der Waals surface area contributed by atoms with Gasteiger partial charge in [-0.05, 0) is 45.4 Å². The summed E-state index contributed by atoms with van der Waals surface area (Å²) in [6.07, 6.45) is 0.209. The average molecular weight is 308 g/mol. The van der Waals surface area contributed by atoms with Crippen LogP contribution < -0.4 is 22.1 Å². The highest BCUT2D eigenvalue weighted by Gasteiger charge is 2.15. The number of hydrogen-bond acceptors (Lipinski definition) is 5. The Hall–Kier alpha value is -2.44. The first-order chi connectivity index (χ1) is 10.2. The van der Waals surface area contributed by atoms with Crippen LogP contribution in [0.25, 0.3) is 0 Å². The van der Waals surface area contributed by atoms with E-state index in [9.17, 15) is 9.59 Å². The SMILES string of the molecule is CC(C)(C)OC(=O)NCCCNc1cc(N)ccc1C(N)=O. The Morgan fingerprint density at radius 3 is 2.50 bits per heavy atom. The quantitative estimate of drug-likeness (QED) is 0.471. The Labute approximate surface area is 130 Å². The topological polar surface area (TPSA) is 119 Å². The molecule has 0 unspecified atom stereocenters. The first kappa shape index (κ1) is 17.6. The van der Waals surface area contributed by atoms with Crippen LogP contribution in [0.5, 0.6) is 0 Å². The van der Waals surface area contributed by atoms with Crippen molar-refractivity contribution >= 4 is 23.4 Å². The zero-order valence-corrected chi connectivity index (χ0v) is 13.2. The number of ether oxygens (including phenoxy) is 1. The third-order valence-electron chi connectivity index (χ3n) is 2.65. The first-order valence-electron chi connectivity index (χ1n) is 7.09. The number of primary amides is 1. The molecule has 1 aromatic carbocycles. The van der Waals surface area contributed by atoms with E-state index in [4.69, 9.17) is 16.2 Å². The van der Waals surface area contributed by atoms with Crippen LogP contribution >= 0.6 is 0 Å².